The summed E-state index contributed by atoms with van der Waals surface area (Å²) in [5.41, 5.74) is 7.68. The molecule has 1 fully saturated rings. The summed E-state index contributed by atoms with van der Waals surface area (Å²) in [6.07, 6.45) is 1.12. The molecule has 1 aliphatic rings. The number of rotatable bonds is 3. The predicted molar refractivity (Wildman–Crippen MR) is 69.9 cm³/mol. The van der Waals surface area contributed by atoms with Gasteiger partial charge in [-0.25, -0.2) is 0 Å². The second kappa shape index (κ2) is 5.50. The number of hydrogen-bond donors (Lipinski definition) is 2. The van der Waals surface area contributed by atoms with Crippen LogP contribution in [0.2, 0.25) is 0 Å². The highest BCUT2D eigenvalue weighted by atomic mass is 16.3. The summed E-state index contributed by atoms with van der Waals surface area (Å²) in [6.45, 7) is 3.49. The van der Waals surface area contributed by atoms with E-state index in [1.54, 1.807) is 4.90 Å². The Morgan fingerprint density at radius 1 is 1.28 bits per heavy atom. The minimum absolute atomic E-state index is 0.152. The molecule has 98 valence electrons. The van der Waals surface area contributed by atoms with Crippen LogP contribution >= 0.6 is 0 Å². The van der Waals surface area contributed by atoms with Gasteiger partial charge in [0, 0.05) is 13.1 Å². The maximum Gasteiger partial charge on any atom is 0.242 e. The first-order valence-electron chi connectivity index (χ1n) is 6.38. The number of amides is 1. The van der Waals surface area contributed by atoms with E-state index in [9.17, 15) is 9.90 Å². The summed E-state index contributed by atoms with van der Waals surface area (Å²) in [4.78, 5) is 13.8. The van der Waals surface area contributed by atoms with Gasteiger partial charge in [-0.05, 0) is 25.3 Å². The van der Waals surface area contributed by atoms with Crippen molar-refractivity contribution in [1.29, 1.82) is 0 Å². The highest BCUT2D eigenvalue weighted by Gasteiger charge is 2.29. The molecule has 4 heteroatoms. The van der Waals surface area contributed by atoms with Gasteiger partial charge in [0.25, 0.3) is 0 Å². The Morgan fingerprint density at radius 3 is 2.39 bits per heavy atom. The summed E-state index contributed by atoms with van der Waals surface area (Å²) in [5, 5.41) is 10.1. The van der Waals surface area contributed by atoms with Crippen molar-refractivity contribution in [2.45, 2.75) is 31.9 Å². The van der Waals surface area contributed by atoms with Gasteiger partial charge in [0.15, 0.2) is 0 Å². The Morgan fingerprint density at radius 2 is 1.83 bits per heavy atom. The molecule has 0 saturated carbocycles. The number of hydrogen-bond acceptors (Lipinski definition) is 3. The van der Waals surface area contributed by atoms with Gasteiger partial charge in [0.05, 0.1) is 0 Å². The first kappa shape index (κ1) is 13.1. The molecule has 2 rings (SSSR count). The maximum absolute atomic E-state index is 12.1. The van der Waals surface area contributed by atoms with Crippen molar-refractivity contribution in [3.8, 4) is 0 Å². The van der Waals surface area contributed by atoms with E-state index in [4.69, 9.17) is 5.73 Å². The lowest BCUT2D eigenvalue weighted by Crippen LogP contribution is -2.45. The van der Waals surface area contributed by atoms with Crippen molar-refractivity contribution in [3.05, 3.63) is 35.4 Å². The highest BCUT2D eigenvalue weighted by molar-refractivity contribution is 5.82. The summed E-state index contributed by atoms with van der Waals surface area (Å²) in [5.74, 6) is -0.152. The number of nitrogens with zero attached hydrogens (tertiary/aromatic N) is 1. The van der Waals surface area contributed by atoms with E-state index >= 15 is 0 Å². The van der Waals surface area contributed by atoms with E-state index in [1.165, 1.54) is 0 Å². The molecule has 0 unspecified atom stereocenters. The van der Waals surface area contributed by atoms with E-state index in [-0.39, 0.29) is 5.91 Å². The van der Waals surface area contributed by atoms with Crippen molar-refractivity contribution in [2.24, 2.45) is 5.73 Å². The smallest absolute Gasteiger partial charge is 0.242 e. The zero-order valence-electron chi connectivity index (χ0n) is 10.7. The molecular weight excluding hydrogens is 228 g/mol. The molecule has 0 bridgehead atoms. The molecule has 0 aliphatic carbocycles. The number of nitrogens with two attached hydrogens (primary N) is 1. The molecule has 4 nitrogen and oxygen atoms in total. The molecule has 2 atom stereocenters. The van der Waals surface area contributed by atoms with Crippen molar-refractivity contribution >= 4 is 5.91 Å². The molecule has 1 amide bonds. The van der Waals surface area contributed by atoms with E-state index in [1.807, 2.05) is 31.2 Å². The second-order valence-electron chi connectivity index (χ2n) is 4.91. The Bertz CT molecular complexity index is 410. The van der Waals surface area contributed by atoms with Crippen molar-refractivity contribution in [1.82, 2.24) is 4.90 Å². The van der Waals surface area contributed by atoms with Gasteiger partial charge in [0.2, 0.25) is 5.91 Å². The molecule has 1 heterocycles. The van der Waals surface area contributed by atoms with E-state index < -0.39 is 12.1 Å². The Kier molecular flexibility index (Phi) is 3.99. The number of aryl methyl sites for hydroxylation is 1. The average Bonchev–Trinajstić information content (AvgIpc) is 2.91. The number of aliphatic hydroxyl groups excluding tert-OH is 1. The second-order valence-corrected chi connectivity index (χ2v) is 4.91. The van der Waals surface area contributed by atoms with Crippen LogP contribution in [0.1, 0.15) is 30.1 Å². The Balaban J connectivity index is 2.05. The first-order valence-corrected chi connectivity index (χ1v) is 6.38. The molecule has 1 saturated heterocycles. The topological polar surface area (TPSA) is 66.6 Å². The highest BCUT2D eigenvalue weighted by Crippen LogP contribution is 2.19. The Hall–Kier alpha value is -1.39. The van der Waals surface area contributed by atoms with Crippen LogP contribution in [-0.4, -0.2) is 35.0 Å². The number of likely N-dealkylation sites (tertiary alicyclic amines) is 1. The van der Waals surface area contributed by atoms with Crippen LogP contribution in [0.25, 0.3) is 0 Å². The molecule has 0 spiro atoms. The van der Waals surface area contributed by atoms with E-state index in [0.29, 0.717) is 5.56 Å². The van der Waals surface area contributed by atoms with Gasteiger partial charge < -0.3 is 15.7 Å². The standard InChI is InChI=1S/C14H20N2O2/c1-10-4-6-11(7-5-10)13(17)12(15)14(18)16-8-2-3-9-16/h4-7,12-13,17H,2-3,8-9,15H2,1H3/t12-,13-/m1/s1. The van der Waals surface area contributed by atoms with Crippen LogP contribution < -0.4 is 5.73 Å². The normalized spacial score (nSPS) is 18.7. The van der Waals surface area contributed by atoms with Crippen molar-refractivity contribution in [3.63, 3.8) is 0 Å². The summed E-state index contributed by atoms with van der Waals surface area (Å²) < 4.78 is 0. The third-order valence-corrected chi connectivity index (χ3v) is 3.46. The van der Waals surface area contributed by atoms with Crippen LogP contribution in [0, 0.1) is 6.92 Å². The van der Waals surface area contributed by atoms with Gasteiger partial charge in [0.1, 0.15) is 12.1 Å². The molecule has 1 aliphatic heterocycles. The summed E-state index contributed by atoms with van der Waals surface area (Å²) >= 11 is 0. The molecule has 1 aromatic carbocycles. The minimum atomic E-state index is -0.932. The number of carbonyl (C=O) groups excluding carboxylic acids is 1. The number of benzene rings is 1. The van der Waals surface area contributed by atoms with Gasteiger partial charge in [-0.15, -0.1) is 0 Å². The minimum Gasteiger partial charge on any atom is -0.386 e. The fourth-order valence-electron chi connectivity index (χ4n) is 2.25. The van der Waals surface area contributed by atoms with Crippen LogP contribution in [-0.2, 0) is 4.79 Å². The van der Waals surface area contributed by atoms with Crippen LogP contribution in [0.15, 0.2) is 24.3 Å². The third kappa shape index (κ3) is 2.71. The Labute approximate surface area is 107 Å². The van der Waals surface area contributed by atoms with E-state index in [2.05, 4.69) is 0 Å². The number of carbonyl (C=O) groups is 1. The van der Waals surface area contributed by atoms with Gasteiger partial charge >= 0.3 is 0 Å². The molecular formula is C14H20N2O2. The largest absolute Gasteiger partial charge is 0.386 e. The van der Waals surface area contributed by atoms with Crippen molar-refractivity contribution < 1.29 is 9.90 Å². The molecule has 18 heavy (non-hydrogen) atoms. The lowest BCUT2D eigenvalue weighted by atomic mass is 10.0. The summed E-state index contributed by atoms with van der Waals surface area (Å²) in [6, 6.07) is 6.58. The van der Waals surface area contributed by atoms with Crippen LogP contribution in [0.3, 0.4) is 0 Å². The van der Waals surface area contributed by atoms with Crippen molar-refractivity contribution in [2.75, 3.05) is 13.1 Å². The maximum atomic E-state index is 12.1. The average molecular weight is 248 g/mol. The van der Waals surface area contributed by atoms with Crippen LogP contribution in [0.5, 0.6) is 0 Å². The monoisotopic (exact) mass is 248 g/mol. The fourth-order valence-corrected chi connectivity index (χ4v) is 2.25. The molecule has 0 aromatic heterocycles. The summed E-state index contributed by atoms with van der Waals surface area (Å²) in [7, 11) is 0. The first-order chi connectivity index (χ1) is 8.59. The molecule has 0 radical (unpaired) electrons. The lowest BCUT2D eigenvalue weighted by molar-refractivity contribution is -0.134. The number of aliphatic hydroxyl groups is 1. The predicted octanol–water partition coefficient (Wildman–Crippen LogP) is 0.978. The SMILES string of the molecule is Cc1ccc([C@@H](O)[C@@H](N)C(=O)N2CCCC2)cc1. The zero-order chi connectivity index (χ0) is 13.1. The fraction of sp³-hybridized carbons (Fsp3) is 0.500. The zero-order valence-corrected chi connectivity index (χ0v) is 10.7. The van der Waals surface area contributed by atoms with Gasteiger partial charge in [-0.2, -0.15) is 0 Å². The van der Waals surface area contributed by atoms with Gasteiger partial charge in [-0.1, -0.05) is 29.8 Å². The molecule has 1 aromatic rings. The third-order valence-electron chi connectivity index (χ3n) is 3.46. The van der Waals surface area contributed by atoms with Crippen LogP contribution in [0.4, 0.5) is 0 Å². The lowest BCUT2D eigenvalue weighted by Gasteiger charge is -2.24. The van der Waals surface area contributed by atoms with Gasteiger partial charge in [-0.3, -0.25) is 4.79 Å². The van der Waals surface area contributed by atoms with E-state index in [0.717, 1.165) is 31.5 Å². The quantitative estimate of drug-likeness (QED) is 0.838. The molecule has 3 N–H and O–H groups in total.